The molecule has 2 heteroatoms. The Morgan fingerprint density at radius 3 is 2.06 bits per heavy atom. The molecule has 0 spiro atoms. The first-order chi connectivity index (χ1) is 7.09. The van der Waals surface area contributed by atoms with Crippen LogP contribution >= 0.6 is 0 Å². The van der Waals surface area contributed by atoms with E-state index in [1.165, 1.54) is 0 Å². The van der Waals surface area contributed by atoms with E-state index in [4.69, 9.17) is 0 Å². The van der Waals surface area contributed by atoms with E-state index in [1.54, 1.807) is 0 Å². The highest BCUT2D eigenvalue weighted by Crippen LogP contribution is 2.42. The van der Waals surface area contributed by atoms with Crippen LogP contribution in [-0.2, 0) is 0 Å². The Labute approximate surface area is 100 Å². The van der Waals surface area contributed by atoms with Gasteiger partial charge in [-0.05, 0) is 56.8 Å². The topological polar surface area (TPSA) is 40.5 Å². The van der Waals surface area contributed by atoms with Crippen LogP contribution in [0.25, 0.3) is 0 Å². The highest BCUT2D eigenvalue weighted by molar-refractivity contribution is 4.88. The average Bonchev–Trinajstić information content (AvgIpc) is 2.04. The van der Waals surface area contributed by atoms with Crippen LogP contribution in [0.4, 0.5) is 0 Å². The number of aliphatic hydroxyl groups excluding tert-OH is 1. The maximum Gasteiger partial charge on any atom is 0.0595 e. The third-order valence-corrected chi connectivity index (χ3v) is 3.93. The maximum atomic E-state index is 10.0. The van der Waals surface area contributed by atoms with Gasteiger partial charge in [0.05, 0.1) is 11.7 Å². The molecule has 16 heavy (non-hydrogen) atoms. The lowest BCUT2D eigenvalue weighted by molar-refractivity contribution is -0.0289. The van der Waals surface area contributed by atoms with Crippen molar-refractivity contribution < 1.29 is 10.2 Å². The Balaban J connectivity index is 2.62. The summed E-state index contributed by atoms with van der Waals surface area (Å²) in [5.74, 6) is 0.932. The maximum absolute atomic E-state index is 10.0. The zero-order chi connectivity index (χ0) is 12.6. The van der Waals surface area contributed by atoms with Crippen LogP contribution in [0.3, 0.4) is 0 Å². The van der Waals surface area contributed by atoms with E-state index in [0.29, 0.717) is 17.8 Å². The lowest BCUT2D eigenvalue weighted by atomic mass is 9.66. The van der Waals surface area contributed by atoms with E-state index in [9.17, 15) is 10.2 Å². The van der Waals surface area contributed by atoms with Crippen LogP contribution in [0.2, 0.25) is 0 Å². The van der Waals surface area contributed by atoms with Gasteiger partial charge in [-0.1, -0.05) is 20.8 Å². The summed E-state index contributed by atoms with van der Waals surface area (Å²) in [4.78, 5) is 0. The summed E-state index contributed by atoms with van der Waals surface area (Å²) in [6.07, 6.45) is 3.55. The number of hydrogen-bond donors (Lipinski definition) is 2. The minimum atomic E-state index is -0.661. The summed E-state index contributed by atoms with van der Waals surface area (Å²) in [6.45, 7) is 10.5. The quantitative estimate of drug-likeness (QED) is 0.763. The smallest absolute Gasteiger partial charge is 0.0595 e. The van der Waals surface area contributed by atoms with Crippen molar-refractivity contribution in [3.8, 4) is 0 Å². The van der Waals surface area contributed by atoms with E-state index in [1.807, 2.05) is 13.8 Å². The fourth-order valence-corrected chi connectivity index (χ4v) is 2.90. The Morgan fingerprint density at radius 2 is 1.62 bits per heavy atom. The molecule has 0 heterocycles. The monoisotopic (exact) mass is 228 g/mol. The van der Waals surface area contributed by atoms with Crippen molar-refractivity contribution in [2.75, 3.05) is 0 Å². The molecule has 96 valence electrons. The Bertz CT molecular complexity index is 222. The van der Waals surface area contributed by atoms with Crippen LogP contribution in [0.5, 0.6) is 0 Å². The SMILES string of the molecule is CC(C)(O)CC1CC(C(C)(C)C)CCC1O. The molecule has 0 aromatic carbocycles. The Hall–Kier alpha value is -0.0800. The zero-order valence-corrected chi connectivity index (χ0v) is 11.5. The molecular weight excluding hydrogens is 200 g/mol. The molecule has 1 saturated carbocycles. The van der Waals surface area contributed by atoms with Crippen LogP contribution in [0.15, 0.2) is 0 Å². The predicted molar refractivity (Wildman–Crippen MR) is 67.2 cm³/mol. The molecule has 0 radical (unpaired) electrons. The first-order valence-electron chi connectivity index (χ1n) is 6.50. The molecule has 2 nitrogen and oxygen atoms in total. The largest absolute Gasteiger partial charge is 0.393 e. The van der Waals surface area contributed by atoms with E-state index in [2.05, 4.69) is 20.8 Å². The number of rotatable bonds is 2. The molecule has 3 atom stereocenters. The second-order valence-electron chi connectivity index (χ2n) is 7.22. The number of hydrogen-bond acceptors (Lipinski definition) is 2. The summed E-state index contributed by atoms with van der Waals surface area (Å²) >= 11 is 0. The summed E-state index contributed by atoms with van der Waals surface area (Å²) < 4.78 is 0. The minimum absolute atomic E-state index is 0.218. The van der Waals surface area contributed by atoms with Crippen molar-refractivity contribution in [2.45, 2.75) is 72.0 Å². The highest BCUT2D eigenvalue weighted by Gasteiger charge is 2.36. The van der Waals surface area contributed by atoms with Gasteiger partial charge in [0.2, 0.25) is 0 Å². The van der Waals surface area contributed by atoms with Gasteiger partial charge >= 0.3 is 0 Å². The molecule has 1 fully saturated rings. The van der Waals surface area contributed by atoms with Crippen LogP contribution in [0, 0.1) is 17.3 Å². The van der Waals surface area contributed by atoms with Gasteiger partial charge in [-0.25, -0.2) is 0 Å². The van der Waals surface area contributed by atoms with Crippen LogP contribution < -0.4 is 0 Å². The van der Waals surface area contributed by atoms with Gasteiger partial charge in [-0.2, -0.15) is 0 Å². The molecule has 3 unspecified atom stereocenters. The highest BCUT2D eigenvalue weighted by atomic mass is 16.3. The van der Waals surface area contributed by atoms with Gasteiger partial charge in [0.25, 0.3) is 0 Å². The molecule has 0 aromatic rings. The molecule has 1 aliphatic rings. The Kier molecular flexibility index (Phi) is 4.07. The van der Waals surface area contributed by atoms with Crippen molar-refractivity contribution in [2.24, 2.45) is 17.3 Å². The van der Waals surface area contributed by atoms with Crippen molar-refractivity contribution in [3.05, 3.63) is 0 Å². The molecular formula is C14H28O2. The van der Waals surface area contributed by atoms with Gasteiger partial charge in [-0.15, -0.1) is 0 Å². The second-order valence-corrected chi connectivity index (χ2v) is 7.22. The first-order valence-corrected chi connectivity index (χ1v) is 6.50. The molecule has 2 N–H and O–H groups in total. The molecule has 0 aliphatic heterocycles. The first kappa shape index (κ1) is 14.0. The van der Waals surface area contributed by atoms with Crippen molar-refractivity contribution in [1.29, 1.82) is 0 Å². The third kappa shape index (κ3) is 4.06. The standard InChI is InChI=1S/C14H28O2/c1-13(2,3)11-6-7-12(15)10(8-11)9-14(4,5)16/h10-12,15-16H,6-9H2,1-5H3. The summed E-state index contributed by atoms with van der Waals surface area (Å²) in [7, 11) is 0. The molecule has 1 aliphatic carbocycles. The lowest BCUT2D eigenvalue weighted by Gasteiger charge is -2.41. The summed E-state index contributed by atoms with van der Waals surface area (Å²) in [6, 6.07) is 0. The van der Waals surface area contributed by atoms with Gasteiger partial charge < -0.3 is 10.2 Å². The molecule has 0 amide bonds. The van der Waals surface area contributed by atoms with Crippen molar-refractivity contribution in [3.63, 3.8) is 0 Å². The second kappa shape index (κ2) is 4.66. The molecule has 0 bridgehead atoms. The van der Waals surface area contributed by atoms with Gasteiger partial charge in [0.15, 0.2) is 0 Å². The van der Waals surface area contributed by atoms with Crippen molar-refractivity contribution in [1.82, 2.24) is 0 Å². The molecule has 0 aromatic heterocycles. The number of aliphatic hydroxyl groups is 2. The average molecular weight is 228 g/mol. The van der Waals surface area contributed by atoms with E-state index >= 15 is 0 Å². The van der Waals surface area contributed by atoms with E-state index in [0.717, 1.165) is 19.3 Å². The summed E-state index contributed by atoms with van der Waals surface area (Å²) in [5.41, 5.74) is -0.344. The Morgan fingerprint density at radius 1 is 1.06 bits per heavy atom. The lowest BCUT2D eigenvalue weighted by Crippen LogP contribution is -2.38. The van der Waals surface area contributed by atoms with Crippen LogP contribution in [0.1, 0.15) is 60.3 Å². The normalized spacial score (nSPS) is 32.8. The van der Waals surface area contributed by atoms with Crippen LogP contribution in [-0.4, -0.2) is 21.9 Å². The fourth-order valence-electron chi connectivity index (χ4n) is 2.90. The van der Waals surface area contributed by atoms with Gasteiger partial charge in [0, 0.05) is 0 Å². The molecule has 0 saturated heterocycles. The van der Waals surface area contributed by atoms with E-state index < -0.39 is 5.60 Å². The van der Waals surface area contributed by atoms with E-state index in [-0.39, 0.29) is 12.0 Å². The minimum Gasteiger partial charge on any atom is -0.393 e. The molecule has 1 rings (SSSR count). The van der Waals surface area contributed by atoms with Gasteiger partial charge in [0.1, 0.15) is 0 Å². The fraction of sp³-hybridized carbons (Fsp3) is 1.00. The van der Waals surface area contributed by atoms with Crippen molar-refractivity contribution >= 4 is 0 Å². The predicted octanol–water partition coefficient (Wildman–Crippen LogP) is 2.97. The zero-order valence-electron chi connectivity index (χ0n) is 11.5. The third-order valence-electron chi connectivity index (χ3n) is 3.93. The summed E-state index contributed by atoms with van der Waals surface area (Å²) in [5, 5.41) is 19.9. The van der Waals surface area contributed by atoms with Gasteiger partial charge in [-0.3, -0.25) is 0 Å².